The van der Waals surface area contributed by atoms with Crippen molar-refractivity contribution >= 4 is 17.6 Å². The Kier molecular flexibility index (Phi) is 17.1. The number of nitrogens with zero attached hydrogens (tertiary/aromatic N) is 1. The SMILES string of the molecule is CCCCCCCCC[C@H]1C[C@@]2(C)C(CC[C@@H]2C)C2CCC3=CC(=O)CCC3=C21.CCCN(CCC)c1ccc(CCCNC(=O)OCC)cc1. The Labute approximate surface area is 312 Å². The van der Waals surface area contributed by atoms with Crippen LogP contribution in [0.3, 0.4) is 0 Å². The molecule has 0 saturated heterocycles. The molecule has 0 aliphatic heterocycles. The van der Waals surface area contributed by atoms with Gasteiger partial charge in [0, 0.05) is 31.7 Å². The number of rotatable bonds is 18. The first-order chi connectivity index (χ1) is 24.7. The highest BCUT2D eigenvalue weighted by Crippen LogP contribution is 2.64. The van der Waals surface area contributed by atoms with E-state index in [1.807, 2.05) is 18.6 Å². The maximum absolute atomic E-state index is 12.1. The number of alkyl carbamates (subject to hydrolysis) is 1. The van der Waals surface area contributed by atoms with Crippen LogP contribution in [0, 0.1) is 29.1 Å². The van der Waals surface area contributed by atoms with Crippen molar-refractivity contribution in [1.29, 1.82) is 0 Å². The molecule has 286 valence electrons. The van der Waals surface area contributed by atoms with Gasteiger partial charge in [-0.15, -0.1) is 0 Å². The van der Waals surface area contributed by atoms with Crippen molar-refractivity contribution in [2.45, 2.75) is 164 Å². The number of hydrogen-bond acceptors (Lipinski definition) is 4. The van der Waals surface area contributed by atoms with E-state index >= 15 is 0 Å². The minimum absolute atomic E-state index is 0.326. The molecule has 4 aliphatic carbocycles. The van der Waals surface area contributed by atoms with E-state index < -0.39 is 0 Å². The van der Waals surface area contributed by atoms with Crippen molar-refractivity contribution in [3.8, 4) is 0 Å². The van der Waals surface area contributed by atoms with Crippen LogP contribution in [0.15, 0.2) is 47.1 Å². The predicted octanol–water partition coefficient (Wildman–Crippen LogP) is 12.2. The summed E-state index contributed by atoms with van der Waals surface area (Å²) < 4.78 is 4.83. The highest BCUT2D eigenvalue weighted by molar-refractivity contribution is 5.93. The second-order valence-corrected chi connectivity index (χ2v) is 16.5. The molecule has 2 unspecified atom stereocenters. The van der Waals surface area contributed by atoms with Crippen LogP contribution in [0.25, 0.3) is 0 Å². The molecule has 0 aromatic heterocycles. The lowest BCUT2D eigenvalue weighted by atomic mass is 9.52. The fraction of sp³-hybridized carbons (Fsp3) is 0.739. The first-order valence-corrected chi connectivity index (χ1v) is 21.5. The topological polar surface area (TPSA) is 58.6 Å². The zero-order chi connectivity index (χ0) is 36.6. The standard InChI is InChI=1S/C28H44O.C18H30N2O2/c1-4-5-6-7-8-9-10-11-22-19-28(3)20(2)12-17-26(28)25-15-13-21-18-23(29)14-16-24(21)27(22)25;1-4-14-20(15-5-2)17-11-9-16(10-12-17)8-7-13-19-18(21)22-6-3/h18,20,22,25-26H,4-17,19H2,1-3H3;9-12H,4-8,13-15H2,1-3H3,(H,19,21)/t20-,22-,25?,26?,28+;/m0./s1. The third-order valence-corrected chi connectivity index (χ3v) is 12.9. The molecular formula is C46H74N2O3. The minimum atomic E-state index is -0.326. The minimum Gasteiger partial charge on any atom is -0.450 e. The van der Waals surface area contributed by atoms with E-state index in [9.17, 15) is 9.59 Å². The summed E-state index contributed by atoms with van der Waals surface area (Å²) in [5.74, 6) is 3.80. The molecule has 4 aliphatic rings. The summed E-state index contributed by atoms with van der Waals surface area (Å²) in [4.78, 5) is 25.7. The normalized spacial score (nSPS) is 25.2. The van der Waals surface area contributed by atoms with Crippen LogP contribution >= 0.6 is 0 Å². The molecule has 1 N–H and O–H groups in total. The predicted molar refractivity (Wildman–Crippen MR) is 215 cm³/mol. The number of ketones is 1. The Hall–Kier alpha value is -2.56. The van der Waals surface area contributed by atoms with Crippen molar-refractivity contribution in [1.82, 2.24) is 5.32 Å². The number of carbonyl (C=O) groups excluding carboxylic acids is 2. The first-order valence-electron chi connectivity index (χ1n) is 21.5. The van der Waals surface area contributed by atoms with Gasteiger partial charge in [0.15, 0.2) is 5.78 Å². The van der Waals surface area contributed by atoms with Crippen LogP contribution in [0.4, 0.5) is 10.5 Å². The van der Waals surface area contributed by atoms with Crippen molar-refractivity contribution in [3.63, 3.8) is 0 Å². The molecule has 0 bridgehead atoms. The Morgan fingerprint density at radius 1 is 0.863 bits per heavy atom. The molecule has 5 rings (SSSR count). The largest absolute Gasteiger partial charge is 0.450 e. The number of unbranched alkanes of at least 4 members (excludes halogenated alkanes) is 6. The average Bonchev–Trinajstić information content (AvgIpc) is 3.43. The highest BCUT2D eigenvalue weighted by atomic mass is 16.5. The van der Waals surface area contributed by atoms with E-state index in [4.69, 9.17) is 4.74 Å². The number of amides is 1. The van der Waals surface area contributed by atoms with E-state index in [1.165, 1.54) is 113 Å². The number of ether oxygens (including phenoxy) is 1. The number of carbonyl (C=O) groups is 2. The molecule has 1 amide bonds. The lowest BCUT2D eigenvalue weighted by molar-refractivity contribution is -0.114. The summed E-state index contributed by atoms with van der Waals surface area (Å²) in [6.45, 7) is 17.0. The van der Waals surface area contributed by atoms with Crippen molar-refractivity contribution in [2.75, 3.05) is 31.1 Å². The van der Waals surface area contributed by atoms with E-state index in [-0.39, 0.29) is 6.09 Å². The molecule has 0 heterocycles. The van der Waals surface area contributed by atoms with Gasteiger partial charge in [-0.25, -0.2) is 4.79 Å². The monoisotopic (exact) mass is 703 g/mol. The number of allylic oxidation sites excluding steroid dienone is 4. The number of aryl methyl sites for hydroxylation is 1. The number of hydrogen-bond donors (Lipinski definition) is 1. The Morgan fingerprint density at radius 3 is 2.25 bits per heavy atom. The number of fused-ring (bicyclic) bond motifs is 4. The first kappa shape index (κ1) is 41.2. The van der Waals surface area contributed by atoms with Gasteiger partial charge in [0.25, 0.3) is 0 Å². The van der Waals surface area contributed by atoms with Crippen molar-refractivity contribution < 1.29 is 14.3 Å². The van der Waals surface area contributed by atoms with Gasteiger partial charge in [0.05, 0.1) is 6.61 Å². The molecule has 1 aromatic carbocycles. The second kappa shape index (κ2) is 21.2. The number of nitrogens with one attached hydrogen (secondary N) is 1. The maximum atomic E-state index is 12.1. The van der Waals surface area contributed by atoms with Crippen LogP contribution < -0.4 is 10.2 Å². The average molecular weight is 703 g/mol. The lowest BCUT2D eigenvalue weighted by Gasteiger charge is -2.52. The Balaban J connectivity index is 0.000000239. The van der Waals surface area contributed by atoms with E-state index in [1.54, 1.807) is 5.57 Å². The van der Waals surface area contributed by atoms with E-state index in [0.29, 0.717) is 24.3 Å². The van der Waals surface area contributed by atoms with Crippen LogP contribution in [0.1, 0.15) is 163 Å². The van der Waals surface area contributed by atoms with Gasteiger partial charge in [-0.2, -0.15) is 0 Å². The van der Waals surface area contributed by atoms with Crippen LogP contribution in [-0.4, -0.2) is 38.1 Å². The molecule has 0 spiro atoms. The van der Waals surface area contributed by atoms with Crippen molar-refractivity contribution in [3.05, 3.63) is 52.6 Å². The van der Waals surface area contributed by atoms with Crippen LogP contribution in [-0.2, 0) is 16.0 Å². The zero-order valence-corrected chi connectivity index (χ0v) is 33.6. The molecule has 5 nitrogen and oxygen atoms in total. The number of anilines is 1. The molecule has 5 atom stereocenters. The molecule has 2 saturated carbocycles. The Morgan fingerprint density at radius 2 is 1.57 bits per heavy atom. The van der Waals surface area contributed by atoms with E-state index in [0.717, 1.165) is 62.4 Å². The maximum Gasteiger partial charge on any atom is 0.407 e. The van der Waals surface area contributed by atoms with Gasteiger partial charge >= 0.3 is 6.09 Å². The van der Waals surface area contributed by atoms with Gasteiger partial charge in [-0.3, -0.25) is 4.79 Å². The number of benzene rings is 1. The Bertz CT molecular complexity index is 1280. The third kappa shape index (κ3) is 11.5. The molecule has 2 fully saturated rings. The van der Waals surface area contributed by atoms with Crippen LogP contribution in [0.2, 0.25) is 0 Å². The molecule has 5 heteroatoms. The second-order valence-electron chi connectivity index (χ2n) is 16.5. The summed E-state index contributed by atoms with van der Waals surface area (Å²) in [7, 11) is 0. The quantitative estimate of drug-likeness (QED) is 0.155. The summed E-state index contributed by atoms with van der Waals surface area (Å²) in [5.41, 5.74) is 8.13. The highest BCUT2D eigenvalue weighted by Gasteiger charge is 2.54. The van der Waals surface area contributed by atoms with Crippen LogP contribution in [0.5, 0.6) is 0 Å². The van der Waals surface area contributed by atoms with Gasteiger partial charge in [0.1, 0.15) is 0 Å². The molecule has 51 heavy (non-hydrogen) atoms. The van der Waals surface area contributed by atoms with Gasteiger partial charge in [0.2, 0.25) is 0 Å². The zero-order valence-electron chi connectivity index (χ0n) is 33.6. The summed E-state index contributed by atoms with van der Waals surface area (Å²) in [6, 6.07) is 8.80. The summed E-state index contributed by atoms with van der Waals surface area (Å²) in [6.07, 6.45) is 25.8. The van der Waals surface area contributed by atoms with Crippen molar-refractivity contribution in [2.24, 2.45) is 29.1 Å². The van der Waals surface area contributed by atoms with Gasteiger partial charge in [-0.1, -0.05) is 97.3 Å². The van der Waals surface area contributed by atoms with Gasteiger partial charge in [-0.05, 0) is 142 Å². The third-order valence-electron chi connectivity index (χ3n) is 12.9. The summed E-state index contributed by atoms with van der Waals surface area (Å²) >= 11 is 0. The smallest absolute Gasteiger partial charge is 0.407 e. The molecular weight excluding hydrogens is 629 g/mol. The fourth-order valence-corrected chi connectivity index (χ4v) is 10.1. The van der Waals surface area contributed by atoms with E-state index in [2.05, 4.69) is 69.1 Å². The van der Waals surface area contributed by atoms with Gasteiger partial charge < -0.3 is 15.0 Å². The lowest BCUT2D eigenvalue weighted by Crippen LogP contribution is -2.43. The fourth-order valence-electron chi connectivity index (χ4n) is 10.1. The molecule has 0 radical (unpaired) electrons. The molecule has 1 aromatic rings. The summed E-state index contributed by atoms with van der Waals surface area (Å²) in [5, 5.41) is 2.75.